The molecule has 174 valence electrons. The summed E-state index contributed by atoms with van der Waals surface area (Å²) in [7, 11) is 2.18. The number of carbonyl (C=O) groups excluding carboxylic acids is 2. The van der Waals surface area contributed by atoms with Crippen LogP contribution in [0.1, 0.15) is 58.8 Å². The maximum atomic E-state index is 13.4. The van der Waals surface area contributed by atoms with Gasteiger partial charge in [-0.05, 0) is 64.8 Å². The normalized spacial score (nSPS) is 43.6. The van der Waals surface area contributed by atoms with Gasteiger partial charge >= 0.3 is 0 Å². The molecule has 0 radical (unpaired) electrons. The van der Waals surface area contributed by atoms with Gasteiger partial charge in [-0.1, -0.05) is 0 Å². The number of ether oxygens (including phenoxy) is 1. The molecule has 5 aliphatic rings. The van der Waals surface area contributed by atoms with Crippen molar-refractivity contribution in [1.82, 2.24) is 25.3 Å². The summed E-state index contributed by atoms with van der Waals surface area (Å²) in [4.78, 5) is 32.5. The monoisotopic (exact) mass is 433 g/mol. The van der Waals surface area contributed by atoms with Crippen molar-refractivity contribution in [1.29, 1.82) is 0 Å². The van der Waals surface area contributed by atoms with E-state index in [-0.39, 0.29) is 36.0 Å². The van der Waals surface area contributed by atoms with Crippen LogP contribution < -0.4 is 10.6 Å². The van der Waals surface area contributed by atoms with Gasteiger partial charge in [0, 0.05) is 44.9 Å². The summed E-state index contributed by atoms with van der Waals surface area (Å²) >= 11 is 0. The first-order chi connectivity index (χ1) is 14.9. The third-order valence-corrected chi connectivity index (χ3v) is 8.57. The van der Waals surface area contributed by atoms with E-state index in [2.05, 4.69) is 39.3 Å². The molecular formula is C23H39N5O3. The first kappa shape index (κ1) is 21.6. The average Bonchev–Trinajstić information content (AvgIpc) is 3.42. The highest BCUT2D eigenvalue weighted by Crippen LogP contribution is 2.39. The van der Waals surface area contributed by atoms with E-state index >= 15 is 0 Å². The largest absolute Gasteiger partial charge is 0.368 e. The molecule has 0 spiro atoms. The molecule has 0 aromatic carbocycles. The molecule has 4 heterocycles. The molecule has 0 aromatic heterocycles. The number of nitrogens with zero attached hydrogens (tertiary/aromatic N) is 3. The van der Waals surface area contributed by atoms with Crippen LogP contribution in [0.25, 0.3) is 0 Å². The Balaban J connectivity index is 1.34. The van der Waals surface area contributed by atoms with Crippen molar-refractivity contribution in [3.05, 3.63) is 0 Å². The van der Waals surface area contributed by atoms with Crippen molar-refractivity contribution in [2.45, 2.75) is 101 Å². The van der Waals surface area contributed by atoms with Crippen molar-refractivity contribution in [2.24, 2.45) is 5.92 Å². The average molecular weight is 434 g/mol. The number of carbonyl (C=O) groups is 2. The number of piperidine rings is 1. The van der Waals surface area contributed by atoms with E-state index in [1.165, 1.54) is 12.8 Å². The first-order valence-corrected chi connectivity index (χ1v) is 12.3. The van der Waals surface area contributed by atoms with Crippen LogP contribution in [-0.4, -0.2) is 95.9 Å². The summed E-state index contributed by atoms with van der Waals surface area (Å²) in [6.07, 6.45) is 7.36. The molecule has 8 heteroatoms. The molecule has 2 N–H and O–H groups in total. The van der Waals surface area contributed by atoms with Crippen LogP contribution in [0.2, 0.25) is 0 Å². The quantitative estimate of drug-likeness (QED) is 0.668. The molecule has 0 bridgehead atoms. The first-order valence-electron chi connectivity index (χ1n) is 12.3. The van der Waals surface area contributed by atoms with Gasteiger partial charge in [0.25, 0.3) is 5.91 Å². The van der Waals surface area contributed by atoms with Crippen LogP contribution >= 0.6 is 0 Å². The summed E-state index contributed by atoms with van der Waals surface area (Å²) in [5.41, 5.74) is 0. The van der Waals surface area contributed by atoms with Gasteiger partial charge in [0.1, 0.15) is 6.10 Å². The predicted octanol–water partition coefficient (Wildman–Crippen LogP) is 0.721. The molecule has 1 aliphatic carbocycles. The molecule has 4 saturated heterocycles. The summed E-state index contributed by atoms with van der Waals surface area (Å²) in [6, 6.07) is 1.32. The molecule has 31 heavy (non-hydrogen) atoms. The zero-order chi connectivity index (χ0) is 21.7. The zero-order valence-corrected chi connectivity index (χ0v) is 19.3. The third kappa shape index (κ3) is 3.90. The topological polar surface area (TPSA) is 77.2 Å². The Bertz CT molecular complexity index is 699. The number of nitrogens with one attached hydrogen (secondary N) is 2. The standard InChI is InChI=1S/C23H39N5O3/c1-14-12-27(23(30)21-5-4-10-31-21)20-11-16(6-9-19(20)28(14)15(2)29)17-7-8-18-22(25-17)26(3)13-24-18/h14,16-22,24-25H,4-13H2,1-3H3/t14-,16?,17?,18?,19?,20?,21?,22?/m0/s1. The lowest BCUT2D eigenvalue weighted by Gasteiger charge is -2.55. The van der Waals surface area contributed by atoms with E-state index < -0.39 is 0 Å². The second kappa shape index (κ2) is 8.61. The van der Waals surface area contributed by atoms with Gasteiger partial charge in [0.15, 0.2) is 0 Å². The lowest BCUT2D eigenvalue weighted by Crippen LogP contribution is -2.68. The molecule has 8 nitrogen and oxygen atoms in total. The van der Waals surface area contributed by atoms with E-state index in [1.54, 1.807) is 6.92 Å². The van der Waals surface area contributed by atoms with Gasteiger partial charge in [-0.25, -0.2) is 0 Å². The molecule has 5 rings (SSSR count). The van der Waals surface area contributed by atoms with Crippen LogP contribution in [0.5, 0.6) is 0 Å². The molecule has 1 saturated carbocycles. The van der Waals surface area contributed by atoms with Crippen LogP contribution in [0.4, 0.5) is 0 Å². The minimum absolute atomic E-state index is 0.0624. The number of likely N-dealkylation sites (N-methyl/N-ethyl adjacent to an activating group) is 1. The number of hydrogen-bond acceptors (Lipinski definition) is 6. The Labute approximate surface area is 186 Å². The Hall–Kier alpha value is -1.22. The van der Waals surface area contributed by atoms with E-state index in [0.29, 0.717) is 37.3 Å². The summed E-state index contributed by atoms with van der Waals surface area (Å²) in [5.74, 6) is 0.834. The fourth-order valence-corrected chi connectivity index (χ4v) is 7.09. The minimum atomic E-state index is -0.288. The number of fused-ring (bicyclic) bond motifs is 2. The Morgan fingerprint density at radius 1 is 1.03 bits per heavy atom. The lowest BCUT2D eigenvalue weighted by atomic mass is 9.73. The molecule has 2 amide bonds. The SMILES string of the molecule is CC(=O)N1C2CCC(C3CCC4NCN(C)C4N3)CC2N(C(=O)C2CCCO2)C[C@@H]1C. The Kier molecular flexibility index (Phi) is 6.01. The van der Waals surface area contributed by atoms with Crippen LogP contribution in [0, 0.1) is 5.92 Å². The lowest BCUT2D eigenvalue weighted by molar-refractivity contribution is -0.160. The van der Waals surface area contributed by atoms with E-state index in [9.17, 15) is 9.59 Å². The van der Waals surface area contributed by atoms with Gasteiger partial charge < -0.3 is 14.5 Å². The number of piperazine rings is 1. The fourth-order valence-electron chi connectivity index (χ4n) is 7.09. The molecule has 5 fully saturated rings. The summed E-state index contributed by atoms with van der Waals surface area (Å²) < 4.78 is 5.76. The van der Waals surface area contributed by atoms with Gasteiger partial charge in [-0.3, -0.25) is 25.1 Å². The van der Waals surface area contributed by atoms with Gasteiger partial charge in [0.05, 0.1) is 18.2 Å². The molecule has 4 aliphatic heterocycles. The fraction of sp³-hybridized carbons (Fsp3) is 0.913. The van der Waals surface area contributed by atoms with E-state index in [4.69, 9.17) is 4.74 Å². The van der Waals surface area contributed by atoms with Crippen molar-refractivity contribution < 1.29 is 14.3 Å². The van der Waals surface area contributed by atoms with Gasteiger partial charge in [-0.2, -0.15) is 0 Å². The van der Waals surface area contributed by atoms with Crippen LogP contribution in [-0.2, 0) is 14.3 Å². The van der Waals surface area contributed by atoms with E-state index in [0.717, 1.165) is 38.8 Å². The predicted molar refractivity (Wildman–Crippen MR) is 117 cm³/mol. The maximum absolute atomic E-state index is 13.4. The highest BCUT2D eigenvalue weighted by molar-refractivity contribution is 5.82. The molecule has 8 atom stereocenters. The van der Waals surface area contributed by atoms with Crippen molar-refractivity contribution >= 4 is 11.8 Å². The maximum Gasteiger partial charge on any atom is 0.252 e. The smallest absolute Gasteiger partial charge is 0.252 e. The minimum Gasteiger partial charge on any atom is -0.368 e. The second-order valence-corrected chi connectivity index (χ2v) is 10.5. The number of amides is 2. The second-order valence-electron chi connectivity index (χ2n) is 10.5. The van der Waals surface area contributed by atoms with Crippen molar-refractivity contribution in [3.63, 3.8) is 0 Å². The summed E-state index contributed by atoms with van der Waals surface area (Å²) in [6.45, 7) is 6.03. The number of hydrogen-bond donors (Lipinski definition) is 2. The Morgan fingerprint density at radius 2 is 1.84 bits per heavy atom. The van der Waals surface area contributed by atoms with E-state index in [1.807, 2.05) is 0 Å². The Morgan fingerprint density at radius 3 is 2.58 bits per heavy atom. The van der Waals surface area contributed by atoms with Crippen LogP contribution in [0.15, 0.2) is 0 Å². The highest BCUT2D eigenvalue weighted by atomic mass is 16.5. The van der Waals surface area contributed by atoms with Gasteiger partial charge in [-0.15, -0.1) is 0 Å². The zero-order valence-electron chi connectivity index (χ0n) is 19.3. The molecule has 0 aromatic rings. The molecular weight excluding hydrogens is 394 g/mol. The number of rotatable bonds is 2. The summed E-state index contributed by atoms with van der Waals surface area (Å²) in [5, 5.41) is 7.53. The van der Waals surface area contributed by atoms with Crippen molar-refractivity contribution in [3.8, 4) is 0 Å². The van der Waals surface area contributed by atoms with Gasteiger partial charge in [0.2, 0.25) is 5.91 Å². The third-order valence-electron chi connectivity index (χ3n) is 8.57. The molecule has 7 unspecified atom stereocenters. The highest BCUT2D eigenvalue weighted by Gasteiger charge is 2.49. The van der Waals surface area contributed by atoms with Crippen molar-refractivity contribution in [2.75, 3.05) is 26.9 Å². The van der Waals surface area contributed by atoms with Crippen LogP contribution in [0.3, 0.4) is 0 Å².